The van der Waals surface area contributed by atoms with Gasteiger partial charge < -0.3 is 4.57 Å². The van der Waals surface area contributed by atoms with Crippen molar-refractivity contribution < 1.29 is 21.6 Å². The molecule has 0 saturated heterocycles. The molecule has 162 valence electrons. The standard InChI is InChI=1S/C15H14ClF3N6O4S/c1-23-7-10(13(26)24(2)14(23)27)30(28,29)20-4-3-11-21-22-12-9(15(17,18)19)5-8(16)6-25(11)12/h5-7,20H,3-4H2,1-2H3. The topological polar surface area (TPSA) is 120 Å². The number of alkyl halides is 3. The number of pyridine rings is 1. The predicted molar refractivity (Wildman–Crippen MR) is 98.8 cm³/mol. The van der Waals surface area contributed by atoms with Crippen LogP contribution in [-0.2, 0) is 36.7 Å². The maximum absolute atomic E-state index is 13.1. The van der Waals surface area contributed by atoms with E-state index in [-0.39, 0.29) is 23.8 Å². The smallest absolute Gasteiger partial charge is 0.302 e. The zero-order valence-corrected chi connectivity index (χ0v) is 17.0. The summed E-state index contributed by atoms with van der Waals surface area (Å²) in [6.45, 7) is -0.303. The summed E-state index contributed by atoms with van der Waals surface area (Å²) >= 11 is 5.75. The fourth-order valence-corrected chi connectivity index (χ4v) is 4.12. The van der Waals surface area contributed by atoms with E-state index < -0.39 is 43.6 Å². The van der Waals surface area contributed by atoms with Crippen LogP contribution in [0.25, 0.3) is 5.65 Å². The highest BCUT2D eigenvalue weighted by Crippen LogP contribution is 2.33. The first-order valence-electron chi connectivity index (χ1n) is 8.19. The van der Waals surface area contributed by atoms with Gasteiger partial charge in [-0.1, -0.05) is 11.6 Å². The third-order valence-corrected chi connectivity index (χ3v) is 5.84. The molecule has 0 aliphatic heterocycles. The van der Waals surface area contributed by atoms with E-state index in [9.17, 15) is 31.2 Å². The maximum Gasteiger partial charge on any atom is 0.420 e. The summed E-state index contributed by atoms with van der Waals surface area (Å²) in [4.78, 5) is 23.1. The van der Waals surface area contributed by atoms with Crippen molar-refractivity contribution >= 4 is 27.3 Å². The number of rotatable bonds is 5. The number of nitrogens with zero attached hydrogens (tertiary/aromatic N) is 5. The number of hydrogen-bond acceptors (Lipinski definition) is 6. The van der Waals surface area contributed by atoms with Crippen molar-refractivity contribution in [1.82, 2.24) is 28.5 Å². The van der Waals surface area contributed by atoms with E-state index in [0.717, 1.165) is 22.2 Å². The molecule has 3 aromatic heterocycles. The number of aryl methyl sites for hydroxylation is 1. The highest BCUT2D eigenvalue weighted by molar-refractivity contribution is 7.89. The van der Waals surface area contributed by atoms with E-state index in [1.807, 2.05) is 0 Å². The molecule has 15 heteroatoms. The maximum atomic E-state index is 13.1. The molecule has 0 aliphatic carbocycles. The third kappa shape index (κ3) is 3.97. The van der Waals surface area contributed by atoms with Crippen molar-refractivity contribution in [2.45, 2.75) is 17.5 Å². The molecule has 0 aromatic carbocycles. The molecule has 0 spiro atoms. The second-order valence-electron chi connectivity index (χ2n) is 6.28. The molecule has 0 unspecified atom stereocenters. The normalized spacial score (nSPS) is 12.6. The van der Waals surface area contributed by atoms with E-state index >= 15 is 0 Å². The summed E-state index contributed by atoms with van der Waals surface area (Å²) in [6.07, 6.45) is -2.79. The van der Waals surface area contributed by atoms with E-state index in [1.54, 1.807) is 0 Å². The van der Waals surface area contributed by atoms with E-state index in [0.29, 0.717) is 10.6 Å². The predicted octanol–water partition coefficient (Wildman–Crippen LogP) is 0.320. The Morgan fingerprint density at radius 1 is 1.17 bits per heavy atom. The van der Waals surface area contributed by atoms with Gasteiger partial charge in [0, 0.05) is 39.5 Å². The lowest BCUT2D eigenvalue weighted by molar-refractivity contribution is -0.136. The first-order valence-corrected chi connectivity index (χ1v) is 10.1. The van der Waals surface area contributed by atoms with Gasteiger partial charge >= 0.3 is 11.9 Å². The quantitative estimate of drug-likeness (QED) is 0.578. The molecule has 0 saturated carbocycles. The summed E-state index contributed by atoms with van der Waals surface area (Å²) in [6, 6.07) is 0.716. The average Bonchev–Trinajstić information content (AvgIpc) is 3.04. The molecule has 1 N–H and O–H groups in total. The van der Waals surface area contributed by atoms with Gasteiger partial charge in [-0.3, -0.25) is 13.8 Å². The zero-order chi connectivity index (χ0) is 22.4. The molecular weight excluding hydrogens is 453 g/mol. The first-order chi connectivity index (χ1) is 13.8. The first kappa shape index (κ1) is 22.0. The van der Waals surface area contributed by atoms with Crippen molar-refractivity contribution in [2.75, 3.05) is 6.54 Å². The number of hydrogen-bond donors (Lipinski definition) is 1. The Labute approximate surface area is 171 Å². The molecule has 0 radical (unpaired) electrons. The summed E-state index contributed by atoms with van der Waals surface area (Å²) in [5.74, 6) is 0.0223. The van der Waals surface area contributed by atoms with Crippen LogP contribution in [0.1, 0.15) is 11.4 Å². The van der Waals surface area contributed by atoms with Gasteiger partial charge in [-0.15, -0.1) is 10.2 Å². The van der Waals surface area contributed by atoms with Crippen LogP contribution < -0.4 is 16.0 Å². The van der Waals surface area contributed by atoms with Crippen molar-refractivity contribution in [3.63, 3.8) is 0 Å². The Hall–Kier alpha value is -2.71. The summed E-state index contributed by atoms with van der Waals surface area (Å²) < 4.78 is 69.1. The van der Waals surface area contributed by atoms with Crippen molar-refractivity contribution in [1.29, 1.82) is 0 Å². The Bertz CT molecular complexity index is 1360. The highest BCUT2D eigenvalue weighted by atomic mass is 35.5. The van der Waals surface area contributed by atoms with Gasteiger partial charge in [-0.25, -0.2) is 17.9 Å². The van der Waals surface area contributed by atoms with Gasteiger partial charge in [-0.2, -0.15) is 13.2 Å². The van der Waals surface area contributed by atoms with Gasteiger partial charge in [0.05, 0.1) is 5.02 Å². The second kappa shape index (κ2) is 7.52. The fraction of sp³-hybridized carbons (Fsp3) is 0.333. The molecular formula is C15H14ClF3N6O4S. The summed E-state index contributed by atoms with van der Waals surface area (Å²) in [5, 5.41) is 6.98. The van der Waals surface area contributed by atoms with Crippen LogP contribution in [0.15, 0.2) is 32.9 Å². The molecule has 0 amide bonds. The molecule has 30 heavy (non-hydrogen) atoms. The Morgan fingerprint density at radius 3 is 2.47 bits per heavy atom. The Kier molecular flexibility index (Phi) is 5.51. The van der Waals surface area contributed by atoms with Crippen LogP contribution >= 0.6 is 11.6 Å². The van der Waals surface area contributed by atoms with Crippen LogP contribution in [0.2, 0.25) is 5.02 Å². The Morgan fingerprint density at radius 2 is 1.83 bits per heavy atom. The Balaban J connectivity index is 1.87. The lowest BCUT2D eigenvalue weighted by atomic mass is 10.2. The van der Waals surface area contributed by atoms with Gasteiger partial charge in [0.25, 0.3) is 5.56 Å². The monoisotopic (exact) mass is 466 g/mol. The summed E-state index contributed by atoms with van der Waals surface area (Å²) in [5.41, 5.74) is -3.27. The number of aromatic nitrogens is 5. The molecule has 10 nitrogen and oxygen atoms in total. The van der Waals surface area contributed by atoms with Crippen molar-refractivity contribution in [2.24, 2.45) is 14.1 Å². The highest BCUT2D eigenvalue weighted by Gasteiger charge is 2.35. The van der Waals surface area contributed by atoms with E-state index in [1.165, 1.54) is 13.2 Å². The van der Waals surface area contributed by atoms with Crippen LogP contribution in [0.3, 0.4) is 0 Å². The lowest BCUT2D eigenvalue weighted by Gasteiger charge is -2.10. The minimum atomic E-state index is -4.71. The number of sulfonamides is 1. The van der Waals surface area contributed by atoms with Crippen LogP contribution in [0.4, 0.5) is 13.2 Å². The SMILES string of the molecule is Cn1cc(S(=O)(=O)NCCc2nnc3c(C(F)(F)F)cc(Cl)cn23)c(=O)n(C)c1=O. The molecule has 0 fully saturated rings. The molecule has 0 aliphatic rings. The van der Waals surface area contributed by atoms with Gasteiger partial charge in [0.1, 0.15) is 11.4 Å². The summed E-state index contributed by atoms with van der Waals surface area (Å²) in [7, 11) is -1.89. The van der Waals surface area contributed by atoms with Crippen LogP contribution in [0, 0.1) is 0 Å². The number of nitrogens with one attached hydrogen (secondary N) is 1. The molecule has 0 atom stereocenters. The van der Waals surface area contributed by atoms with Gasteiger partial charge in [-0.05, 0) is 6.07 Å². The minimum absolute atomic E-state index is 0.0223. The van der Waals surface area contributed by atoms with Gasteiger partial charge in [0.15, 0.2) is 10.5 Å². The lowest BCUT2D eigenvalue weighted by Crippen LogP contribution is -2.41. The molecule has 3 heterocycles. The van der Waals surface area contributed by atoms with E-state index in [2.05, 4.69) is 14.9 Å². The minimum Gasteiger partial charge on any atom is -0.302 e. The number of fused-ring (bicyclic) bond motifs is 1. The van der Waals surface area contributed by atoms with Gasteiger partial charge in [0.2, 0.25) is 10.0 Å². The second-order valence-corrected chi connectivity index (χ2v) is 8.45. The largest absolute Gasteiger partial charge is 0.420 e. The number of halogens is 4. The van der Waals surface area contributed by atoms with Crippen LogP contribution in [0.5, 0.6) is 0 Å². The van der Waals surface area contributed by atoms with Crippen LogP contribution in [-0.4, -0.2) is 38.7 Å². The fourth-order valence-electron chi connectivity index (χ4n) is 2.72. The van der Waals surface area contributed by atoms with Crippen molar-refractivity contribution in [3.05, 3.63) is 55.7 Å². The zero-order valence-electron chi connectivity index (χ0n) is 15.4. The molecule has 3 aromatic rings. The third-order valence-electron chi connectivity index (χ3n) is 4.19. The molecule has 3 rings (SSSR count). The molecule has 0 bridgehead atoms. The van der Waals surface area contributed by atoms with Crippen molar-refractivity contribution in [3.8, 4) is 0 Å². The van der Waals surface area contributed by atoms with E-state index in [4.69, 9.17) is 11.6 Å². The average molecular weight is 467 g/mol.